The van der Waals surface area contributed by atoms with Crippen molar-refractivity contribution in [3.8, 4) is 0 Å². The van der Waals surface area contributed by atoms with Crippen LogP contribution in [0.5, 0.6) is 0 Å². The van der Waals surface area contributed by atoms with Crippen LogP contribution in [-0.4, -0.2) is 33.9 Å². The van der Waals surface area contributed by atoms with E-state index in [0.29, 0.717) is 15.9 Å². The normalized spacial score (nSPS) is 16.3. The van der Waals surface area contributed by atoms with Gasteiger partial charge in [-0.2, -0.15) is 0 Å². The third-order valence-electron chi connectivity index (χ3n) is 4.66. The molecule has 1 aliphatic rings. The van der Waals surface area contributed by atoms with E-state index in [1.807, 2.05) is 6.92 Å². The molecule has 1 fully saturated rings. The summed E-state index contributed by atoms with van der Waals surface area (Å²) >= 11 is 3.00. The summed E-state index contributed by atoms with van der Waals surface area (Å²) < 4.78 is 0. The van der Waals surface area contributed by atoms with E-state index in [4.69, 9.17) is 0 Å². The van der Waals surface area contributed by atoms with Gasteiger partial charge in [0.05, 0.1) is 16.4 Å². The summed E-state index contributed by atoms with van der Waals surface area (Å²) in [6.45, 7) is 11.7. The van der Waals surface area contributed by atoms with E-state index in [1.165, 1.54) is 35.5 Å². The molecule has 0 atom stereocenters. The number of carbonyl (C=O) groups excluding carboxylic acids is 1. The lowest BCUT2D eigenvalue weighted by atomic mass is 9.99. The lowest BCUT2D eigenvalue weighted by Crippen LogP contribution is -2.32. The van der Waals surface area contributed by atoms with Crippen molar-refractivity contribution in [2.24, 2.45) is 11.8 Å². The molecular formula is C19H28N4OS2. The molecule has 7 heteroatoms. The number of nitrogens with one attached hydrogen (secondary N) is 1. The third-order valence-corrected chi connectivity index (χ3v) is 6.65. The fourth-order valence-corrected chi connectivity index (χ4v) is 5.01. The van der Waals surface area contributed by atoms with Crippen molar-refractivity contribution in [3.05, 3.63) is 26.7 Å². The van der Waals surface area contributed by atoms with Gasteiger partial charge in [-0.1, -0.05) is 20.8 Å². The van der Waals surface area contributed by atoms with Crippen LogP contribution in [0.2, 0.25) is 0 Å². The number of aromatic nitrogens is 2. The first-order chi connectivity index (χ1) is 12.4. The van der Waals surface area contributed by atoms with Gasteiger partial charge in [-0.25, -0.2) is 9.97 Å². The summed E-state index contributed by atoms with van der Waals surface area (Å²) in [7, 11) is 0. The monoisotopic (exact) mass is 392 g/mol. The fourth-order valence-electron chi connectivity index (χ4n) is 3.14. The van der Waals surface area contributed by atoms with Crippen LogP contribution in [0.1, 0.15) is 59.7 Å². The van der Waals surface area contributed by atoms with Gasteiger partial charge in [-0.3, -0.25) is 15.0 Å². The van der Waals surface area contributed by atoms with Gasteiger partial charge in [-0.05, 0) is 44.7 Å². The molecular weight excluding hydrogens is 364 g/mol. The zero-order chi connectivity index (χ0) is 18.7. The van der Waals surface area contributed by atoms with Crippen LogP contribution in [-0.2, 0) is 13.0 Å². The molecule has 5 nitrogen and oxygen atoms in total. The van der Waals surface area contributed by atoms with E-state index in [9.17, 15) is 4.79 Å². The van der Waals surface area contributed by atoms with E-state index < -0.39 is 0 Å². The van der Waals surface area contributed by atoms with Gasteiger partial charge >= 0.3 is 0 Å². The summed E-state index contributed by atoms with van der Waals surface area (Å²) in [5, 5.41) is 6.71. The van der Waals surface area contributed by atoms with Crippen LogP contribution in [0.15, 0.2) is 5.38 Å². The minimum Gasteiger partial charge on any atom is -0.297 e. The van der Waals surface area contributed by atoms with Gasteiger partial charge in [0, 0.05) is 18.3 Å². The second kappa shape index (κ2) is 8.59. The van der Waals surface area contributed by atoms with E-state index >= 15 is 0 Å². The number of carbonyl (C=O) groups is 1. The quantitative estimate of drug-likeness (QED) is 0.781. The highest BCUT2D eigenvalue weighted by Gasteiger charge is 2.19. The van der Waals surface area contributed by atoms with Crippen LogP contribution < -0.4 is 5.32 Å². The lowest BCUT2D eigenvalue weighted by Gasteiger charge is -2.29. The van der Waals surface area contributed by atoms with Crippen molar-refractivity contribution in [1.82, 2.24) is 14.9 Å². The maximum Gasteiger partial charge on any atom is 0.269 e. The van der Waals surface area contributed by atoms with Gasteiger partial charge in [0.2, 0.25) is 0 Å². The molecule has 0 bridgehead atoms. The first kappa shape index (κ1) is 19.5. The molecule has 1 amide bonds. The molecule has 0 aromatic carbocycles. The Balaban J connectivity index is 1.58. The molecule has 2 aromatic rings. The molecule has 1 N–H and O–H groups in total. The Hall–Kier alpha value is -1.31. The predicted molar refractivity (Wildman–Crippen MR) is 109 cm³/mol. The van der Waals surface area contributed by atoms with Crippen molar-refractivity contribution in [3.63, 3.8) is 0 Å². The van der Waals surface area contributed by atoms with Crippen molar-refractivity contribution >= 4 is 33.7 Å². The maximum atomic E-state index is 12.6. The Morgan fingerprint density at radius 1 is 1.35 bits per heavy atom. The number of rotatable bonds is 6. The lowest BCUT2D eigenvalue weighted by molar-refractivity contribution is 0.102. The van der Waals surface area contributed by atoms with Crippen LogP contribution in [0.4, 0.5) is 5.13 Å². The predicted octanol–water partition coefficient (Wildman–Crippen LogP) is 4.59. The molecule has 0 unspecified atom stereocenters. The van der Waals surface area contributed by atoms with E-state index in [-0.39, 0.29) is 5.91 Å². The van der Waals surface area contributed by atoms with Crippen LogP contribution in [0.3, 0.4) is 0 Å². The number of amides is 1. The molecule has 0 saturated carbocycles. The third kappa shape index (κ3) is 5.11. The molecule has 142 valence electrons. The highest BCUT2D eigenvalue weighted by molar-refractivity contribution is 7.15. The first-order valence-corrected chi connectivity index (χ1v) is 11.0. The number of hydrogen-bond acceptors (Lipinski definition) is 6. The Morgan fingerprint density at radius 2 is 2.08 bits per heavy atom. The average molecular weight is 393 g/mol. The molecule has 3 rings (SSSR count). The Morgan fingerprint density at radius 3 is 2.77 bits per heavy atom. The van der Waals surface area contributed by atoms with E-state index in [2.05, 4.69) is 46.3 Å². The van der Waals surface area contributed by atoms with Gasteiger partial charge in [0.15, 0.2) is 5.13 Å². The molecule has 3 heterocycles. The minimum atomic E-state index is -0.0947. The molecule has 0 radical (unpaired) electrons. The fraction of sp³-hybridized carbons (Fsp3) is 0.632. The molecule has 1 aliphatic heterocycles. The smallest absolute Gasteiger partial charge is 0.269 e. The van der Waals surface area contributed by atoms with Gasteiger partial charge in [0.25, 0.3) is 5.91 Å². The van der Waals surface area contributed by atoms with E-state index in [1.54, 1.807) is 0 Å². The zero-order valence-corrected chi connectivity index (χ0v) is 17.7. The van der Waals surface area contributed by atoms with Crippen molar-refractivity contribution in [1.29, 1.82) is 0 Å². The summed E-state index contributed by atoms with van der Waals surface area (Å²) in [4.78, 5) is 24.9. The summed E-state index contributed by atoms with van der Waals surface area (Å²) in [6, 6.07) is 0. The van der Waals surface area contributed by atoms with Crippen LogP contribution in [0.25, 0.3) is 0 Å². The largest absolute Gasteiger partial charge is 0.297 e. The van der Waals surface area contributed by atoms with Gasteiger partial charge in [-0.15, -0.1) is 22.7 Å². The molecule has 1 saturated heterocycles. The minimum absolute atomic E-state index is 0.0947. The van der Waals surface area contributed by atoms with Crippen LogP contribution >= 0.6 is 22.7 Å². The SMILES string of the molecule is Cc1nc(CC(C)C)sc1C(=O)Nc1nc(CN2CCC(C)CC2)cs1. The van der Waals surface area contributed by atoms with Gasteiger partial charge < -0.3 is 0 Å². The summed E-state index contributed by atoms with van der Waals surface area (Å²) in [6.07, 6.45) is 3.43. The maximum absolute atomic E-state index is 12.6. The van der Waals surface area contributed by atoms with Crippen LogP contribution in [0, 0.1) is 18.8 Å². The van der Waals surface area contributed by atoms with Crippen molar-refractivity contribution < 1.29 is 4.79 Å². The highest BCUT2D eigenvalue weighted by Crippen LogP contribution is 2.24. The molecule has 2 aromatic heterocycles. The number of thiazole rings is 2. The number of nitrogens with zero attached hydrogens (tertiary/aromatic N) is 3. The number of hydrogen-bond donors (Lipinski definition) is 1. The van der Waals surface area contributed by atoms with E-state index in [0.717, 1.165) is 48.4 Å². The molecule has 26 heavy (non-hydrogen) atoms. The first-order valence-electron chi connectivity index (χ1n) is 9.35. The Kier molecular flexibility index (Phi) is 6.42. The second-order valence-electron chi connectivity index (χ2n) is 7.68. The zero-order valence-electron chi connectivity index (χ0n) is 16.0. The van der Waals surface area contributed by atoms with Gasteiger partial charge in [0.1, 0.15) is 4.88 Å². The average Bonchev–Trinajstić information content (AvgIpc) is 3.15. The molecule has 0 aliphatic carbocycles. The Labute approximate surface area is 163 Å². The van der Waals surface area contributed by atoms with Crippen molar-refractivity contribution in [2.45, 2.75) is 53.5 Å². The number of aryl methyl sites for hydroxylation is 1. The van der Waals surface area contributed by atoms with Crippen molar-refractivity contribution in [2.75, 3.05) is 18.4 Å². The molecule has 0 spiro atoms. The number of piperidine rings is 1. The summed E-state index contributed by atoms with van der Waals surface area (Å²) in [5.41, 5.74) is 1.85. The standard InChI is InChI=1S/C19H28N4OS2/c1-12(2)9-16-20-14(4)17(26-16)18(24)22-19-21-15(11-25-19)10-23-7-5-13(3)6-8-23/h11-13H,5-10H2,1-4H3,(H,21,22,24). The number of anilines is 1. The second-order valence-corrected chi connectivity index (χ2v) is 9.62. The summed E-state index contributed by atoms with van der Waals surface area (Å²) in [5.74, 6) is 1.28. The Bertz CT molecular complexity index is 745. The topological polar surface area (TPSA) is 58.1 Å². The number of likely N-dealkylation sites (tertiary alicyclic amines) is 1. The highest BCUT2D eigenvalue weighted by atomic mass is 32.1.